The Balaban J connectivity index is 3.41. The Kier molecular flexibility index (Phi) is 5.83. The van der Waals surface area contributed by atoms with Gasteiger partial charge in [0.1, 0.15) is 0 Å². The van der Waals surface area contributed by atoms with Crippen LogP contribution in [0.2, 0.25) is 0 Å². The first-order chi connectivity index (χ1) is 4.22. The van der Waals surface area contributed by atoms with Gasteiger partial charge in [-0.25, -0.2) is 0 Å². The molecule has 0 aliphatic heterocycles. The minimum atomic E-state index is 0.213. The maximum absolute atomic E-state index is 5.66. The molecule has 0 aliphatic carbocycles. The van der Waals surface area contributed by atoms with Crippen LogP contribution in [0, 0.1) is 0 Å². The highest BCUT2D eigenvalue weighted by Gasteiger charge is 2.03. The van der Waals surface area contributed by atoms with Gasteiger partial charge in [-0.3, -0.25) is 4.90 Å². The summed E-state index contributed by atoms with van der Waals surface area (Å²) < 4.78 is 1.16. The molecule has 2 nitrogen and oxygen atoms in total. The molecule has 0 bridgehead atoms. The van der Waals surface area contributed by atoms with E-state index in [0.29, 0.717) is 0 Å². The van der Waals surface area contributed by atoms with Gasteiger partial charge in [-0.2, -0.15) is 0 Å². The zero-order valence-electron chi connectivity index (χ0n) is 6.10. The molecule has 0 fully saturated rings. The second kappa shape index (κ2) is 5.44. The summed E-state index contributed by atoms with van der Waals surface area (Å²) in [5.74, 6) is 0. The van der Waals surface area contributed by atoms with Crippen LogP contribution in [0.5, 0.6) is 0 Å². The van der Waals surface area contributed by atoms with E-state index in [-0.39, 0.29) is 6.17 Å². The van der Waals surface area contributed by atoms with Crippen molar-refractivity contribution in [1.82, 2.24) is 4.90 Å². The number of nitrogens with two attached hydrogens (primary N) is 1. The highest BCUT2D eigenvalue weighted by Crippen LogP contribution is 1.93. The predicted octanol–water partition coefficient (Wildman–Crippen LogP) is 1.05. The van der Waals surface area contributed by atoms with Crippen molar-refractivity contribution in [3.63, 3.8) is 0 Å². The van der Waals surface area contributed by atoms with E-state index in [2.05, 4.69) is 34.4 Å². The molecular formula is C6H15IN2. The molecule has 56 valence electrons. The molecular weight excluding hydrogens is 227 g/mol. The largest absolute Gasteiger partial charge is 0.316 e. The van der Waals surface area contributed by atoms with Gasteiger partial charge in [0.2, 0.25) is 0 Å². The molecule has 2 N–H and O–H groups in total. The van der Waals surface area contributed by atoms with Gasteiger partial charge >= 0.3 is 0 Å². The van der Waals surface area contributed by atoms with Gasteiger partial charge in [0.05, 0.1) is 6.17 Å². The number of hydrogen-bond acceptors (Lipinski definition) is 2. The highest BCUT2D eigenvalue weighted by molar-refractivity contribution is 14.1. The zero-order valence-corrected chi connectivity index (χ0v) is 8.26. The molecule has 9 heavy (non-hydrogen) atoms. The van der Waals surface area contributed by atoms with Crippen LogP contribution in [0.25, 0.3) is 0 Å². The first kappa shape index (κ1) is 9.65. The molecule has 0 saturated carbocycles. The van der Waals surface area contributed by atoms with Crippen molar-refractivity contribution >= 4 is 22.6 Å². The third-order valence-electron chi connectivity index (χ3n) is 1.35. The quantitative estimate of drug-likeness (QED) is 0.453. The molecule has 0 aromatic carbocycles. The van der Waals surface area contributed by atoms with E-state index in [1.54, 1.807) is 0 Å². The average Bonchev–Trinajstić information content (AvgIpc) is 1.82. The van der Waals surface area contributed by atoms with E-state index in [4.69, 9.17) is 5.73 Å². The predicted molar refractivity (Wildman–Crippen MR) is 49.8 cm³/mol. The fraction of sp³-hybridized carbons (Fsp3) is 1.00. The van der Waals surface area contributed by atoms with Gasteiger partial charge in [-0.05, 0) is 13.5 Å². The Bertz CT molecular complexity index is 66.1. The fourth-order valence-corrected chi connectivity index (χ4v) is 1.38. The number of alkyl halides is 1. The number of halogens is 1. The summed E-state index contributed by atoms with van der Waals surface area (Å²) in [5.41, 5.74) is 5.66. The molecule has 1 unspecified atom stereocenters. The van der Waals surface area contributed by atoms with E-state index in [0.717, 1.165) is 17.5 Å². The molecule has 0 aromatic heterocycles. The van der Waals surface area contributed by atoms with E-state index < -0.39 is 0 Å². The highest BCUT2D eigenvalue weighted by atomic mass is 127. The van der Waals surface area contributed by atoms with E-state index in [9.17, 15) is 0 Å². The van der Waals surface area contributed by atoms with Crippen molar-refractivity contribution in [1.29, 1.82) is 0 Å². The lowest BCUT2D eigenvalue weighted by Crippen LogP contribution is -2.40. The topological polar surface area (TPSA) is 29.3 Å². The molecule has 0 radical (unpaired) electrons. The molecule has 0 rings (SSSR count). The first-order valence-electron chi connectivity index (χ1n) is 3.28. The van der Waals surface area contributed by atoms with E-state index >= 15 is 0 Å². The van der Waals surface area contributed by atoms with Gasteiger partial charge < -0.3 is 5.73 Å². The summed E-state index contributed by atoms with van der Waals surface area (Å²) in [6, 6.07) is 0. The Morgan fingerprint density at radius 2 is 2.22 bits per heavy atom. The SMILES string of the molecule is CCN(CCI)C(C)N. The van der Waals surface area contributed by atoms with Crippen LogP contribution in [0.15, 0.2) is 0 Å². The lowest BCUT2D eigenvalue weighted by Gasteiger charge is -2.22. The van der Waals surface area contributed by atoms with Crippen molar-refractivity contribution in [2.75, 3.05) is 17.5 Å². The van der Waals surface area contributed by atoms with Crippen molar-refractivity contribution in [2.45, 2.75) is 20.0 Å². The smallest absolute Gasteiger partial charge is 0.0542 e. The molecule has 0 aliphatic rings. The van der Waals surface area contributed by atoms with E-state index in [1.165, 1.54) is 0 Å². The van der Waals surface area contributed by atoms with Crippen molar-refractivity contribution < 1.29 is 0 Å². The second-order valence-electron chi connectivity index (χ2n) is 2.06. The number of rotatable bonds is 4. The Hall–Kier alpha value is 0.650. The normalized spacial score (nSPS) is 14.3. The Morgan fingerprint density at radius 3 is 2.33 bits per heavy atom. The van der Waals surface area contributed by atoms with Crippen LogP contribution in [0.4, 0.5) is 0 Å². The summed E-state index contributed by atoms with van der Waals surface area (Å²) in [6.45, 7) is 6.32. The standard InChI is InChI=1S/C6H15IN2/c1-3-9(5-4-7)6(2)8/h6H,3-5,8H2,1-2H3. The van der Waals surface area contributed by atoms with Crippen molar-refractivity contribution in [3.8, 4) is 0 Å². The summed E-state index contributed by atoms with van der Waals surface area (Å²) in [4.78, 5) is 2.24. The Labute approximate surface area is 70.9 Å². The molecule has 0 aromatic rings. The summed E-state index contributed by atoms with van der Waals surface area (Å²) in [6.07, 6.45) is 0.213. The third-order valence-corrected chi connectivity index (χ3v) is 1.84. The van der Waals surface area contributed by atoms with Gasteiger partial charge in [0.25, 0.3) is 0 Å². The van der Waals surface area contributed by atoms with Crippen LogP contribution in [-0.4, -0.2) is 28.6 Å². The second-order valence-corrected chi connectivity index (χ2v) is 3.14. The molecule has 0 amide bonds. The maximum Gasteiger partial charge on any atom is 0.0542 e. The van der Waals surface area contributed by atoms with Crippen LogP contribution in [-0.2, 0) is 0 Å². The number of nitrogens with zero attached hydrogens (tertiary/aromatic N) is 1. The van der Waals surface area contributed by atoms with E-state index in [1.807, 2.05) is 6.92 Å². The zero-order chi connectivity index (χ0) is 7.28. The van der Waals surface area contributed by atoms with Gasteiger partial charge in [0.15, 0.2) is 0 Å². The van der Waals surface area contributed by atoms with Gasteiger partial charge in [-0.15, -0.1) is 0 Å². The van der Waals surface area contributed by atoms with Gasteiger partial charge in [0, 0.05) is 11.0 Å². The third kappa shape index (κ3) is 4.11. The summed E-state index contributed by atoms with van der Waals surface area (Å²) >= 11 is 2.36. The van der Waals surface area contributed by atoms with Gasteiger partial charge in [-0.1, -0.05) is 29.5 Å². The summed E-state index contributed by atoms with van der Waals surface area (Å²) in [7, 11) is 0. The Morgan fingerprint density at radius 1 is 1.67 bits per heavy atom. The van der Waals surface area contributed by atoms with Crippen LogP contribution in [0.3, 0.4) is 0 Å². The first-order valence-corrected chi connectivity index (χ1v) is 4.80. The molecule has 0 saturated heterocycles. The van der Waals surface area contributed by atoms with Crippen LogP contribution >= 0.6 is 22.6 Å². The minimum Gasteiger partial charge on any atom is -0.316 e. The fourth-order valence-electron chi connectivity index (χ4n) is 0.758. The van der Waals surface area contributed by atoms with Crippen molar-refractivity contribution in [3.05, 3.63) is 0 Å². The molecule has 0 spiro atoms. The maximum atomic E-state index is 5.66. The molecule has 0 heterocycles. The average molecular weight is 242 g/mol. The number of hydrogen-bond donors (Lipinski definition) is 1. The minimum absolute atomic E-state index is 0.213. The molecule has 1 atom stereocenters. The summed E-state index contributed by atoms with van der Waals surface area (Å²) in [5, 5.41) is 0. The van der Waals surface area contributed by atoms with Crippen molar-refractivity contribution in [2.24, 2.45) is 5.73 Å². The monoisotopic (exact) mass is 242 g/mol. The van der Waals surface area contributed by atoms with Crippen LogP contribution in [0.1, 0.15) is 13.8 Å². The molecule has 3 heteroatoms. The lowest BCUT2D eigenvalue weighted by molar-refractivity contribution is 0.240. The lowest BCUT2D eigenvalue weighted by atomic mass is 10.4. The van der Waals surface area contributed by atoms with Crippen LogP contribution < -0.4 is 5.73 Å².